The Morgan fingerprint density at radius 1 is 1.21 bits per heavy atom. The van der Waals surface area contributed by atoms with E-state index in [9.17, 15) is 9.59 Å². The molecule has 1 aromatic rings. The predicted octanol–water partition coefficient (Wildman–Crippen LogP) is 3.38. The number of ether oxygens (including phenoxy) is 1. The van der Waals surface area contributed by atoms with Crippen LogP contribution in [0.5, 0.6) is 0 Å². The molecular weight excluding hydrogens is 324 g/mol. The summed E-state index contributed by atoms with van der Waals surface area (Å²) in [7, 11) is 5.59. The van der Waals surface area contributed by atoms with Crippen molar-refractivity contribution < 1.29 is 14.3 Å². The maximum Gasteiger partial charge on any atom is 0.293 e. The summed E-state index contributed by atoms with van der Waals surface area (Å²) in [6, 6.07) is 8.08. The van der Waals surface area contributed by atoms with Crippen LogP contribution in [0.4, 0.5) is 10.5 Å². The fourth-order valence-electron chi connectivity index (χ4n) is 2.20. The maximum atomic E-state index is 12.2. The molecule has 1 aliphatic rings. The number of amides is 2. The molecule has 0 spiro atoms. The van der Waals surface area contributed by atoms with Crippen molar-refractivity contribution in [2.45, 2.75) is 6.42 Å². The number of nitrogens with zero attached hydrogens (tertiary/aromatic N) is 2. The van der Waals surface area contributed by atoms with Crippen molar-refractivity contribution in [3.8, 4) is 0 Å². The third-order valence-corrected chi connectivity index (χ3v) is 4.48. The van der Waals surface area contributed by atoms with Crippen LogP contribution in [0.2, 0.25) is 0 Å². The third-order valence-electron chi connectivity index (χ3n) is 3.55. The lowest BCUT2D eigenvalue weighted by Gasteiger charge is -2.11. The molecule has 0 saturated carbocycles. The highest BCUT2D eigenvalue weighted by Gasteiger charge is 2.33. The zero-order valence-corrected chi connectivity index (χ0v) is 15.0. The van der Waals surface area contributed by atoms with Gasteiger partial charge in [-0.2, -0.15) is 0 Å². The summed E-state index contributed by atoms with van der Waals surface area (Å²) in [4.78, 5) is 27.9. The van der Waals surface area contributed by atoms with Crippen LogP contribution in [0.1, 0.15) is 12.0 Å². The number of allylic oxidation sites excluding steroid dienone is 2. The fraction of sp³-hybridized carbons (Fsp3) is 0.333. The zero-order chi connectivity index (χ0) is 17.5. The first-order chi connectivity index (χ1) is 11.5. The molecule has 0 N–H and O–H groups in total. The molecule has 1 aliphatic heterocycles. The molecule has 1 aromatic carbocycles. The van der Waals surface area contributed by atoms with Gasteiger partial charge in [-0.1, -0.05) is 24.3 Å². The van der Waals surface area contributed by atoms with Gasteiger partial charge in [0, 0.05) is 40.0 Å². The molecule has 0 radical (unpaired) electrons. The Kier molecular flexibility index (Phi) is 6.63. The maximum absolute atomic E-state index is 12.2. The van der Waals surface area contributed by atoms with Gasteiger partial charge < -0.3 is 9.64 Å². The molecule has 5 nitrogen and oxygen atoms in total. The Hall–Kier alpha value is -2.05. The van der Waals surface area contributed by atoms with Gasteiger partial charge in [-0.05, 0) is 42.0 Å². The lowest BCUT2D eigenvalue weighted by molar-refractivity contribution is -0.122. The first-order valence-corrected chi connectivity index (χ1v) is 8.53. The van der Waals surface area contributed by atoms with Crippen LogP contribution in [0.15, 0.2) is 41.3 Å². The molecular formula is C18H22N2O3S. The Morgan fingerprint density at radius 2 is 1.92 bits per heavy atom. The molecule has 1 fully saturated rings. The highest BCUT2D eigenvalue weighted by Crippen LogP contribution is 2.30. The number of methoxy groups -OCH3 is 1. The minimum Gasteiger partial charge on any atom is -0.385 e. The Bertz CT molecular complexity index is 651. The molecule has 0 aromatic heterocycles. The second-order valence-electron chi connectivity index (χ2n) is 5.55. The predicted molar refractivity (Wildman–Crippen MR) is 99.1 cm³/mol. The summed E-state index contributed by atoms with van der Waals surface area (Å²) < 4.78 is 4.95. The summed E-state index contributed by atoms with van der Waals surface area (Å²) in [5, 5.41) is -0.217. The average molecular weight is 346 g/mol. The molecule has 1 saturated heterocycles. The van der Waals surface area contributed by atoms with E-state index in [1.165, 1.54) is 4.90 Å². The van der Waals surface area contributed by atoms with Crippen molar-refractivity contribution in [2.75, 3.05) is 39.3 Å². The first kappa shape index (κ1) is 18.3. The molecule has 128 valence electrons. The number of imide groups is 1. The molecule has 0 aliphatic carbocycles. The van der Waals surface area contributed by atoms with Gasteiger partial charge in [-0.3, -0.25) is 14.5 Å². The minimum absolute atomic E-state index is 0.217. The zero-order valence-electron chi connectivity index (χ0n) is 14.2. The largest absolute Gasteiger partial charge is 0.385 e. The van der Waals surface area contributed by atoms with E-state index in [0.717, 1.165) is 23.0 Å². The van der Waals surface area contributed by atoms with Crippen molar-refractivity contribution in [3.63, 3.8) is 0 Å². The Balaban J connectivity index is 1.98. The van der Waals surface area contributed by atoms with E-state index in [4.69, 9.17) is 4.74 Å². The lowest BCUT2D eigenvalue weighted by Crippen LogP contribution is -2.29. The van der Waals surface area contributed by atoms with Gasteiger partial charge in [0.25, 0.3) is 11.1 Å². The minimum atomic E-state index is -0.228. The van der Waals surface area contributed by atoms with Gasteiger partial charge in [0.2, 0.25) is 0 Å². The van der Waals surface area contributed by atoms with Gasteiger partial charge in [0.1, 0.15) is 0 Å². The number of anilines is 1. The van der Waals surface area contributed by atoms with E-state index in [-0.39, 0.29) is 11.1 Å². The monoisotopic (exact) mass is 346 g/mol. The summed E-state index contributed by atoms with van der Waals surface area (Å²) in [5.41, 5.74) is 2.17. The van der Waals surface area contributed by atoms with Crippen molar-refractivity contribution >= 4 is 34.7 Å². The number of carbonyl (C=O) groups excluding carboxylic acids is 2. The van der Waals surface area contributed by atoms with Crippen LogP contribution in [-0.4, -0.2) is 50.4 Å². The smallest absolute Gasteiger partial charge is 0.293 e. The van der Waals surface area contributed by atoms with E-state index >= 15 is 0 Å². The van der Waals surface area contributed by atoms with Gasteiger partial charge in [-0.15, -0.1) is 0 Å². The van der Waals surface area contributed by atoms with E-state index in [0.29, 0.717) is 24.5 Å². The van der Waals surface area contributed by atoms with Crippen LogP contribution in [-0.2, 0) is 9.53 Å². The van der Waals surface area contributed by atoms with E-state index < -0.39 is 0 Å². The highest BCUT2D eigenvalue weighted by atomic mass is 32.2. The van der Waals surface area contributed by atoms with Gasteiger partial charge in [0.15, 0.2) is 0 Å². The summed E-state index contributed by atoms with van der Waals surface area (Å²) in [6.45, 7) is 0.926. The summed E-state index contributed by atoms with van der Waals surface area (Å²) in [5.74, 6) is -0.228. The first-order valence-electron chi connectivity index (χ1n) is 7.71. The molecule has 0 atom stereocenters. The molecule has 1 heterocycles. The van der Waals surface area contributed by atoms with Crippen molar-refractivity contribution in [2.24, 2.45) is 0 Å². The molecule has 2 rings (SSSR count). The van der Waals surface area contributed by atoms with Crippen LogP contribution in [0.25, 0.3) is 6.08 Å². The molecule has 6 heteroatoms. The normalized spacial score (nSPS) is 16.6. The Labute approximate surface area is 147 Å². The van der Waals surface area contributed by atoms with Crippen LogP contribution in [0.3, 0.4) is 0 Å². The van der Waals surface area contributed by atoms with Crippen LogP contribution < -0.4 is 4.90 Å². The van der Waals surface area contributed by atoms with E-state index in [2.05, 4.69) is 0 Å². The van der Waals surface area contributed by atoms with E-state index in [1.807, 2.05) is 49.3 Å². The molecule has 0 bridgehead atoms. The number of carbonyl (C=O) groups is 2. The molecule has 2 amide bonds. The van der Waals surface area contributed by atoms with Crippen molar-refractivity contribution in [1.82, 2.24) is 4.90 Å². The quantitative estimate of drug-likeness (QED) is 0.559. The number of benzene rings is 1. The van der Waals surface area contributed by atoms with E-state index in [1.54, 1.807) is 19.3 Å². The number of thioether (sulfide) groups is 1. The summed E-state index contributed by atoms with van der Waals surface area (Å²) in [6.07, 6.45) is 6.06. The lowest BCUT2D eigenvalue weighted by atomic mass is 10.2. The van der Waals surface area contributed by atoms with Crippen molar-refractivity contribution in [3.05, 3.63) is 46.9 Å². The highest BCUT2D eigenvalue weighted by molar-refractivity contribution is 8.18. The molecule has 0 unspecified atom stereocenters. The summed E-state index contributed by atoms with van der Waals surface area (Å²) >= 11 is 0.981. The van der Waals surface area contributed by atoms with Crippen LogP contribution in [0, 0.1) is 0 Å². The van der Waals surface area contributed by atoms with Crippen LogP contribution >= 0.6 is 11.8 Å². The van der Waals surface area contributed by atoms with Gasteiger partial charge in [0.05, 0.1) is 4.91 Å². The number of hydrogen-bond acceptors (Lipinski definition) is 5. The Morgan fingerprint density at radius 3 is 2.54 bits per heavy atom. The third kappa shape index (κ3) is 4.72. The standard InChI is InChI=1S/C18H22N2O3S/c1-19(2)15-10-8-14(9-11-15)6-4-7-16-17(21)20(18(22)24-16)12-5-13-23-3/h4,6-11H,5,12-13H2,1-3H3/b6-4+,16-7+. The molecule has 24 heavy (non-hydrogen) atoms. The SMILES string of the molecule is COCCCN1C(=O)S/C(=C/C=C/c2ccc(N(C)C)cc2)C1=O. The number of hydrogen-bond donors (Lipinski definition) is 0. The van der Waals surface area contributed by atoms with Gasteiger partial charge >= 0.3 is 0 Å². The second kappa shape index (κ2) is 8.70. The topological polar surface area (TPSA) is 49.9 Å². The number of rotatable bonds is 7. The average Bonchev–Trinajstić information content (AvgIpc) is 2.83. The fourth-order valence-corrected chi connectivity index (χ4v) is 3.02. The van der Waals surface area contributed by atoms with Gasteiger partial charge in [-0.25, -0.2) is 0 Å². The van der Waals surface area contributed by atoms with Crippen molar-refractivity contribution in [1.29, 1.82) is 0 Å². The second-order valence-corrected chi connectivity index (χ2v) is 6.54.